The van der Waals surface area contributed by atoms with Crippen LogP contribution in [0.4, 0.5) is 4.79 Å². The van der Waals surface area contributed by atoms with Gasteiger partial charge in [0.1, 0.15) is 6.54 Å². The van der Waals surface area contributed by atoms with Crippen LogP contribution >= 0.6 is 0 Å². The van der Waals surface area contributed by atoms with Crippen molar-refractivity contribution in [3.8, 4) is 0 Å². The summed E-state index contributed by atoms with van der Waals surface area (Å²) >= 11 is 0. The summed E-state index contributed by atoms with van der Waals surface area (Å²) in [5.74, 6) is -0.973. The fraction of sp³-hybridized carbons (Fsp3) is 0.833. The third-order valence-electron chi connectivity index (χ3n) is 3.06. The molecule has 1 saturated heterocycles. The van der Waals surface area contributed by atoms with Crippen LogP contribution < -0.4 is 5.32 Å². The van der Waals surface area contributed by atoms with Gasteiger partial charge in [-0.25, -0.2) is 4.79 Å². The highest BCUT2D eigenvalue weighted by molar-refractivity contribution is 5.80. The van der Waals surface area contributed by atoms with Crippen molar-refractivity contribution in [1.82, 2.24) is 15.1 Å². The molecule has 6 heteroatoms. The van der Waals surface area contributed by atoms with Gasteiger partial charge in [0.2, 0.25) is 0 Å². The number of nitrogens with one attached hydrogen (secondary N) is 1. The molecule has 1 aliphatic heterocycles. The van der Waals surface area contributed by atoms with E-state index in [1.54, 1.807) is 0 Å². The summed E-state index contributed by atoms with van der Waals surface area (Å²) in [6, 6.07) is -0.135. The maximum atomic E-state index is 12.0. The van der Waals surface area contributed by atoms with Gasteiger partial charge in [0.05, 0.1) is 0 Å². The van der Waals surface area contributed by atoms with E-state index in [0.29, 0.717) is 6.54 Å². The lowest BCUT2D eigenvalue weighted by Crippen LogP contribution is -2.51. The first-order chi connectivity index (χ1) is 8.52. The number of carbonyl (C=O) groups is 2. The molecule has 1 heterocycles. The topological polar surface area (TPSA) is 72.9 Å². The molecule has 1 fully saturated rings. The molecule has 1 unspecified atom stereocenters. The minimum atomic E-state index is -0.973. The number of urea groups is 1. The lowest BCUT2D eigenvalue weighted by Gasteiger charge is -2.32. The average molecular weight is 257 g/mol. The minimum Gasteiger partial charge on any atom is -0.480 e. The number of likely N-dealkylation sites (N-methyl/N-ethyl adjacent to an activating group) is 1. The van der Waals surface area contributed by atoms with Crippen LogP contribution in [0.15, 0.2) is 0 Å². The number of nitrogens with zero attached hydrogens (tertiary/aromatic N) is 2. The van der Waals surface area contributed by atoms with Crippen molar-refractivity contribution in [2.75, 3.05) is 33.2 Å². The normalized spacial score (nSPS) is 20.4. The van der Waals surface area contributed by atoms with Crippen LogP contribution in [0, 0.1) is 0 Å². The molecule has 0 radical (unpaired) electrons. The predicted molar refractivity (Wildman–Crippen MR) is 68.6 cm³/mol. The van der Waals surface area contributed by atoms with Gasteiger partial charge in [-0.1, -0.05) is 6.92 Å². The van der Waals surface area contributed by atoms with Gasteiger partial charge >= 0.3 is 12.0 Å². The fourth-order valence-electron chi connectivity index (χ4n) is 2.24. The monoisotopic (exact) mass is 257 g/mol. The zero-order chi connectivity index (χ0) is 13.5. The summed E-state index contributed by atoms with van der Waals surface area (Å²) in [6.07, 6.45) is 2.78. The van der Waals surface area contributed by atoms with Crippen LogP contribution in [0.5, 0.6) is 0 Å². The Bertz CT molecular complexity index is 296. The number of carboxylic acids is 1. The fourth-order valence-corrected chi connectivity index (χ4v) is 2.24. The van der Waals surface area contributed by atoms with Crippen molar-refractivity contribution in [3.63, 3.8) is 0 Å². The molecule has 2 N–H and O–H groups in total. The second-order valence-corrected chi connectivity index (χ2v) is 4.87. The molecule has 1 aliphatic rings. The SMILES string of the molecule is CCCN(CC(=O)O)C(=O)NC1CCCN(C)C1. The first-order valence-electron chi connectivity index (χ1n) is 6.48. The average Bonchev–Trinajstić information content (AvgIpc) is 2.27. The zero-order valence-corrected chi connectivity index (χ0v) is 11.2. The van der Waals surface area contributed by atoms with E-state index >= 15 is 0 Å². The molecule has 0 aliphatic carbocycles. The zero-order valence-electron chi connectivity index (χ0n) is 11.2. The molecule has 0 aromatic heterocycles. The van der Waals surface area contributed by atoms with E-state index in [2.05, 4.69) is 10.2 Å². The summed E-state index contributed by atoms with van der Waals surface area (Å²) < 4.78 is 0. The Morgan fingerprint density at radius 3 is 2.78 bits per heavy atom. The third kappa shape index (κ3) is 4.91. The first-order valence-corrected chi connectivity index (χ1v) is 6.48. The Hall–Kier alpha value is -1.30. The Labute approximate surface area is 108 Å². The van der Waals surface area contributed by atoms with Gasteiger partial charge in [-0.3, -0.25) is 4.79 Å². The number of carboxylic acid groups (broad SMARTS) is 1. The van der Waals surface area contributed by atoms with Crippen LogP contribution in [-0.4, -0.2) is 66.2 Å². The molecule has 104 valence electrons. The Balaban J connectivity index is 2.46. The number of hydrogen-bond acceptors (Lipinski definition) is 3. The summed E-state index contributed by atoms with van der Waals surface area (Å²) in [6.45, 7) is 4.05. The Kier molecular flexibility index (Phi) is 5.91. The molecule has 1 rings (SSSR count). The van der Waals surface area contributed by atoms with Gasteiger partial charge in [0, 0.05) is 19.1 Å². The lowest BCUT2D eigenvalue weighted by molar-refractivity contribution is -0.137. The largest absolute Gasteiger partial charge is 0.480 e. The molecule has 6 nitrogen and oxygen atoms in total. The summed E-state index contributed by atoms with van der Waals surface area (Å²) in [5.41, 5.74) is 0. The van der Waals surface area contributed by atoms with Crippen molar-refractivity contribution in [2.45, 2.75) is 32.2 Å². The van der Waals surface area contributed by atoms with E-state index < -0.39 is 5.97 Å². The van der Waals surface area contributed by atoms with Crippen molar-refractivity contribution in [3.05, 3.63) is 0 Å². The van der Waals surface area contributed by atoms with E-state index in [0.717, 1.165) is 32.4 Å². The quantitative estimate of drug-likeness (QED) is 0.756. The number of piperidine rings is 1. The Morgan fingerprint density at radius 1 is 1.50 bits per heavy atom. The van der Waals surface area contributed by atoms with Crippen LogP contribution in [0.2, 0.25) is 0 Å². The molecule has 0 saturated carbocycles. The second-order valence-electron chi connectivity index (χ2n) is 4.87. The van der Waals surface area contributed by atoms with E-state index in [4.69, 9.17) is 5.11 Å². The standard InChI is InChI=1S/C12H23N3O3/c1-3-6-15(9-11(16)17)12(18)13-10-5-4-7-14(2)8-10/h10H,3-9H2,1-2H3,(H,13,18)(H,16,17). The third-order valence-corrected chi connectivity index (χ3v) is 3.06. The van der Waals surface area contributed by atoms with Crippen LogP contribution in [0.25, 0.3) is 0 Å². The van der Waals surface area contributed by atoms with E-state index in [1.807, 2.05) is 14.0 Å². The number of amides is 2. The molecule has 2 amide bonds. The predicted octanol–water partition coefficient (Wildman–Crippen LogP) is 0.587. The smallest absolute Gasteiger partial charge is 0.323 e. The number of likely N-dealkylation sites (tertiary alicyclic amines) is 1. The maximum absolute atomic E-state index is 12.0. The molecule has 18 heavy (non-hydrogen) atoms. The molecular weight excluding hydrogens is 234 g/mol. The molecule has 1 atom stereocenters. The van der Waals surface area contributed by atoms with Gasteiger partial charge in [0.15, 0.2) is 0 Å². The molecule has 0 aromatic rings. The second kappa shape index (κ2) is 7.20. The minimum absolute atomic E-state index is 0.129. The summed E-state index contributed by atoms with van der Waals surface area (Å²) in [7, 11) is 2.03. The summed E-state index contributed by atoms with van der Waals surface area (Å²) in [5, 5.41) is 11.7. The molecule has 0 spiro atoms. The van der Waals surface area contributed by atoms with Gasteiger partial charge < -0.3 is 20.2 Å². The first kappa shape index (κ1) is 14.8. The van der Waals surface area contributed by atoms with E-state index in [1.165, 1.54) is 4.90 Å². The molecule has 0 bridgehead atoms. The highest BCUT2D eigenvalue weighted by Gasteiger charge is 2.22. The van der Waals surface area contributed by atoms with Crippen LogP contribution in [0.1, 0.15) is 26.2 Å². The van der Waals surface area contributed by atoms with Gasteiger partial charge in [-0.15, -0.1) is 0 Å². The van der Waals surface area contributed by atoms with E-state index in [-0.39, 0.29) is 18.6 Å². The molecular formula is C12H23N3O3. The van der Waals surface area contributed by atoms with Crippen molar-refractivity contribution in [1.29, 1.82) is 0 Å². The van der Waals surface area contributed by atoms with Gasteiger partial charge in [-0.05, 0) is 32.9 Å². The lowest BCUT2D eigenvalue weighted by atomic mass is 10.1. The van der Waals surface area contributed by atoms with Crippen molar-refractivity contribution in [2.24, 2.45) is 0 Å². The number of carbonyl (C=O) groups excluding carboxylic acids is 1. The highest BCUT2D eigenvalue weighted by Crippen LogP contribution is 2.08. The number of aliphatic carboxylic acids is 1. The summed E-state index contributed by atoms with van der Waals surface area (Å²) in [4.78, 5) is 26.2. The van der Waals surface area contributed by atoms with Crippen molar-refractivity contribution < 1.29 is 14.7 Å². The van der Waals surface area contributed by atoms with Gasteiger partial charge in [-0.2, -0.15) is 0 Å². The number of hydrogen-bond donors (Lipinski definition) is 2. The Morgan fingerprint density at radius 2 is 2.22 bits per heavy atom. The van der Waals surface area contributed by atoms with E-state index in [9.17, 15) is 9.59 Å². The van der Waals surface area contributed by atoms with Crippen LogP contribution in [0.3, 0.4) is 0 Å². The number of rotatable bonds is 5. The van der Waals surface area contributed by atoms with Crippen LogP contribution in [-0.2, 0) is 4.79 Å². The maximum Gasteiger partial charge on any atom is 0.323 e. The highest BCUT2D eigenvalue weighted by atomic mass is 16.4. The molecule has 0 aromatic carbocycles. The van der Waals surface area contributed by atoms with Gasteiger partial charge in [0.25, 0.3) is 0 Å². The van der Waals surface area contributed by atoms with Crippen molar-refractivity contribution >= 4 is 12.0 Å².